The Morgan fingerprint density at radius 3 is 2.48 bits per heavy atom. The lowest BCUT2D eigenvalue weighted by Gasteiger charge is -2.22. The van der Waals surface area contributed by atoms with E-state index in [0.717, 1.165) is 5.57 Å². The lowest BCUT2D eigenvalue weighted by atomic mass is 9.84. The van der Waals surface area contributed by atoms with Gasteiger partial charge in [0.1, 0.15) is 0 Å². The SMILES string of the molecule is CC(=CCN1C(=O)c2ccccc2C1O)c1ccc(C2CCCCC2)cc1. The standard InChI is InChI=1S/C24H27NO2/c1-17(18-11-13-20(14-12-18)19-7-3-2-4-8-19)15-16-25-23(26)21-9-5-6-10-22(21)24(25)27/h5-6,9-15,19,23,26H,2-4,7-8,16H2,1H3. The Balaban J connectivity index is 1.45. The van der Waals surface area contributed by atoms with Crippen LogP contribution in [0.1, 0.15) is 78.2 Å². The molecule has 0 spiro atoms. The smallest absolute Gasteiger partial charge is 0.256 e. The zero-order valence-electron chi connectivity index (χ0n) is 15.9. The van der Waals surface area contributed by atoms with Crippen LogP contribution in [0.4, 0.5) is 0 Å². The quantitative estimate of drug-likeness (QED) is 0.804. The first-order valence-corrected chi connectivity index (χ1v) is 10.00. The highest BCUT2D eigenvalue weighted by Crippen LogP contribution is 2.34. The Bertz CT molecular complexity index is 847. The summed E-state index contributed by atoms with van der Waals surface area (Å²) in [6.45, 7) is 2.47. The summed E-state index contributed by atoms with van der Waals surface area (Å²) in [5.41, 5.74) is 5.06. The van der Waals surface area contributed by atoms with Crippen LogP contribution in [0, 0.1) is 0 Å². The van der Waals surface area contributed by atoms with Gasteiger partial charge in [-0.2, -0.15) is 0 Å². The van der Waals surface area contributed by atoms with E-state index in [1.807, 2.05) is 24.3 Å². The monoisotopic (exact) mass is 361 g/mol. The topological polar surface area (TPSA) is 40.5 Å². The van der Waals surface area contributed by atoms with Crippen molar-refractivity contribution in [2.45, 2.75) is 51.2 Å². The lowest BCUT2D eigenvalue weighted by molar-refractivity contribution is 0.0232. The van der Waals surface area contributed by atoms with Gasteiger partial charge in [0, 0.05) is 17.7 Å². The molecule has 3 nitrogen and oxygen atoms in total. The van der Waals surface area contributed by atoms with E-state index in [4.69, 9.17) is 0 Å². The second-order valence-electron chi connectivity index (χ2n) is 7.76. The highest BCUT2D eigenvalue weighted by molar-refractivity contribution is 5.99. The second kappa shape index (κ2) is 7.69. The third-order valence-electron chi connectivity index (χ3n) is 6.06. The minimum atomic E-state index is -0.855. The average molecular weight is 361 g/mol. The molecule has 1 heterocycles. The summed E-state index contributed by atoms with van der Waals surface area (Å²) in [7, 11) is 0. The summed E-state index contributed by atoms with van der Waals surface area (Å²) in [4.78, 5) is 14.0. The summed E-state index contributed by atoms with van der Waals surface area (Å²) in [6.07, 6.45) is 7.86. The van der Waals surface area contributed by atoms with Crippen molar-refractivity contribution in [3.05, 3.63) is 76.9 Å². The Morgan fingerprint density at radius 2 is 1.78 bits per heavy atom. The first kappa shape index (κ1) is 18.0. The fourth-order valence-electron chi connectivity index (χ4n) is 4.34. The molecule has 4 rings (SSSR count). The zero-order valence-corrected chi connectivity index (χ0v) is 15.9. The number of aliphatic hydroxyl groups is 1. The minimum Gasteiger partial charge on any atom is -0.369 e. The molecule has 1 fully saturated rings. The van der Waals surface area contributed by atoms with E-state index in [0.29, 0.717) is 23.6 Å². The van der Waals surface area contributed by atoms with E-state index < -0.39 is 6.23 Å². The van der Waals surface area contributed by atoms with Crippen molar-refractivity contribution in [1.82, 2.24) is 4.90 Å². The molecular weight excluding hydrogens is 334 g/mol. The molecule has 0 radical (unpaired) electrons. The van der Waals surface area contributed by atoms with Gasteiger partial charge in [0.15, 0.2) is 6.23 Å². The van der Waals surface area contributed by atoms with Crippen LogP contribution >= 0.6 is 0 Å². The van der Waals surface area contributed by atoms with Crippen molar-refractivity contribution in [2.75, 3.05) is 6.54 Å². The van der Waals surface area contributed by atoms with Gasteiger partial charge in [-0.05, 0) is 48.4 Å². The number of carbonyl (C=O) groups excluding carboxylic acids is 1. The number of fused-ring (bicyclic) bond motifs is 1. The molecule has 1 atom stereocenters. The number of amides is 1. The van der Waals surface area contributed by atoms with Crippen LogP contribution in [0.2, 0.25) is 0 Å². The second-order valence-corrected chi connectivity index (χ2v) is 7.76. The molecule has 27 heavy (non-hydrogen) atoms. The molecule has 2 aliphatic rings. The van der Waals surface area contributed by atoms with Gasteiger partial charge in [-0.25, -0.2) is 0 Å². The van der Waals surface area contributed by atoms with Gasteiger partial charge in [0.05, 0.1) is 0 Å². The zero-order chi connectivity index (χ0) is 18.8. The Kier molecular flexibility index (Phi) is 5.13. The van der Waals surface area contributed by atoms with E-state index in [-0.39, 0.29) is 5.91 Å². The highest BCUT2D eigenvalue weighted by Gasteiger charge is 2.34. The number of carbonyl (C=O) groups is 1. The van der Waals surface area contributed by atoms with E-state index in [2.05, 4.69) is 31.2 Å². The van der Waals surface area contributed by atoms with Gasteiger partial charge in [0.2, 0.25) is 0 Å². The van der Waals surface area contributed by atoms with Crippen LogP contribution in [0.25, 0.3) is 5.57 Å². The van der Waals surface area contributed by atoms with Gasteiger partial charge in [-0.3, -0.25) is 4.79 Å². The molecule has 1 aliphatic heterocycles. The summed E-state index contributed by atoms with van der Waals surface area (Å²) >= 11 is 0. The number of allylic oxidation sites excluding steroid dienone is 1. The summed E-state index contributed by atoms with van der Waals surface area (Å²) < 4.78 is 0. The third kappa shape index (κ3) is 3.57. The maximum absolute atomic E-state index is 12.5. The molecule has 0 saturated heterocycles. The fourth-order valence-corrected chi connectivity index (χ4v) is 4.34. The molecule has 1 unspecified atom stereocenters. The number of nitrogens with zero attached hydrogens (tertiary/aromatic N) is 1. The Labute approximate surface area is 161 Å². The number of benzene rings is 2. The molecule has 0 aromatic heterocycles. The molecular formula is C24H27NO2. The van der Waals surface area contributed by atoms with E-state index in [1.165, 1.54) is 48.1 Å². The molecule has 2 aromatic rings. The van der Waals surface area contributed by atoms with Gasteiger partial charge < -0.3 is 10.0 Å². The molecule has 1 aliphatic carbocycles. The average Bonchev–Trinajstić information content (AvgIpc) is 2.97. The van der Waals surface area contributed by atoms with Gasteiger partial charge in [0.25, 0.3) is 5.91 Å². The summed E-state index contributed by atoms with van der Waals surface area (Å²) in [5.74, 6) is 0.614. The molecule has 1 saturated carbocycles. The first-order valence-electron chi connectivity index (χ1n) is 10.00. The van der Waals surface area contributed by atoms with Crippen LogP contribution in [0.3, 0.4) is 0 Å². The normalized spacial score (nSPS) is 20.8. The summed E-state index contributed by atoms with van der Waals surface area (Å²) in [6, 6.07) is 16.2. The van der Waals surface area contributed by atoms with Gasteiger partial charge in [-0.15, -0.1) is 0 Å². The van der Waals surface area contributed by atoms with Crippen LogP contribution in [-0.4, -0.2) is 22.5 Å². The van der Waals surface area contributed by atoms with Crippen molar-refractivity contribution >= 4 is 11.5 Å². The van der Waals surface area contributed by atoms with Crippen LogP contribution in [0.5, 0.6) is 0 Å². The maximum atomic E-state index is 12.5. The lowest BCUT2D eigenvalue weighted by Crippen LogP contribution is -2.28. The molecule has 140 valence electrons. The molecule has 1 N–H and O–H groups in total. The first-order chi connectivity index (χ1) is 13.1. The van der Waals surface area contributed by atoms with Gasteiger partial charge >= 0.3 is 0 Å². The van der Waals surface area contributed by atoms with E-state index in [1.54, 1.807) is 6.07 Å². The molecule has 0 bridgehead atoms. The molecule has 2 aromatic carbocycles. The third-order valence-corrected chi connectivity index (χ3v) is 6.06. The van der Waals surface area contributed by atoms with Crippen molar-refractivity contribution in [3.8, 4) is 0 Å². The molecule has 3 heteroatoms. The van der Waals surface area contributed by atoms with Crippen molar-refractivity contribution in [2.24, 2.45) is 0 Å². The van der Waals surface area contributed by atoms with Crippen molar-refractivity contribution in [3.63, 3.8) is 0 Å². The molecule has 1 amide bonds. The summed E-state index contributed by atoms with van der Waals surface area (Å²) in [5, 5.41) is 10.5. The largest absolute Gasteiger partial charge is 0.369 e. The van der Waals surface area contributed by atoms with Crippen LogP contribution in [0.15, 0.2) is 54.6 Å². The van der Waals surface area contributed by atoms with Crippen LogP contribution < -0.4 is 0 Å². The van der Waals surface area contributed by atoms with E-state index >= 15 is 0 Å². The number of hydrogen-bond acceptors (Lipinski definition) is 2. The predicted molar refractivity (Wildman–Crippen MR) is 108 cm³/mol. The van der Waals surface area contributed by atoms with Gasteiger partial charge in [-0.1, -0.05) is 67.8 Å². The van der Waals surface area contributed by atoms with Crippen molar-refractivity contribution in [1.29, 1.82) is 0 Å². The Hall–Kier alpha value is -2.39. The Morgan fingerprint density at radius 1 is 1.07 bits per heavy atom. The van der Waals surface area contributed by atoms with E-state index in [9.17, 15) is 9.90 Å². The number of hydrogen-bond donors (Lipinski definition) is 1. The van der Waals surface area contributed by atoms with Crippen LogP contribution in [-0.2, 0) is 0 Å². The number of aliphatic hydroxyl groups excluding tert-OH is 1. The maximum Gasteiger partial charge on any atom is 0.256 e. The minimum absolute atomic E-state index is 0.102. The fraction of sp³-hybridized carbons (Fsp3) is 0.375. The van der Waals surface area contributed by atoms with Crippen molar-refractivity contribution < 1.29 is 9.90 Å². The number of rotatable bonds is 4. The predicted octanol–water partition coefficient (Wildman–Crippen LogP) is 5.28. The highest BCUT2D eigenvalue weighted by atomic mass is 16.3.